The molecule has 1 aliphatic rings. The molecule has 0 spiro atoms. The van der Waals surface area contributed by atoms with E-state index in [2.05, 4.69) is 12.1 Å². The maximum atomic E-state index is 10.5. The third-order valence-electron chi connectivity index (χ3n) is 3.14. The smallest absolute Gasteiger partial charge is 0.294 e. The van der Waals surface area contributed by atoms with Gasteiger partial charge in [0.05, 0.1) is 11.5 Å². The van der Waals surface area contributed by atoms with Crippen LogP contribution in [0.3, 0.4) is 0 Å². The lowest BCUT2D eigenvalue weighted by atomic mass is 10.1. The number of aryl methyl sites for hydroxylation is 2. The molecule has 1 aliphatic heterocycles. The Bertz CT molecular complexity index is 665. The standard InChI is InChI=1S/C9H10O.C7H8O3S/c1-2-6-9-8(4-1)5-3-7-10-9;1-6-2-4-7(5-3-6)11(8,9)10/h1-2,4,6H,3,5,7H2;2-5H,1H3,(H,8,9,10). The van der Waals surface area contributed by atoms with Gasteiger partial charge in [0.2, 0.25) is 0 Å². The van der Waals surface area contributed by atoms with Gasteiger partial charge in [0.15, 0.2) is 0 Å². The molecule has 0 fully saturated rings. The lowest BCUT2D eigenvalue weighted by molar-refractivity contribution is 0.288. The molecular weight excluding hydrogens is 288 g/mol. The molecule has 0 aliphatic carbocycles. The molecule has 21 heavy (non-hydrogen) atoms. The largest absolute Gasteiger partial charge is 0.493 e. The lowest BCUT2D eigenvalue weighted by Crippen LogP contribution is -2.07. The van der Waals surface area contributed by atoms with Crippen LogP contribution in [0.15, 0.2) is 53.4 Å². The minimum atomic E-state index is -4.02. The second-order valence-corrected chi connectivity index (χ2v) is 6.27. The maximum absolute atomic E-state index is 10.5. The average molecular weight is 306 g/mol. The molecule has 0 saturated carbocycles. The highest BCUT2D eigenvalue weighted by atomic mass is 32.2. The second kappa shape index (κ2) is 6.74. The highest BCUT2D eigenvalue weighted by Gasteiger charge is 2.07. The van der Waals surface area contributed by atoms with Crippen molar-refractivity contribution in [2.75, 3.05) is 6.61 Å². The molecule has 0 amide bonds. The highest BCUT2D eigenvalue weighted by molar-refractivity contribution is 7.85. The van der Waals surface area contributed by atoms with E-state index in [1.807, 2.05) is 19.1 Å². The second-order valence-electron chi connectivity index (χ2n) is 4.85. The Labute approximate surface area is 125 Å². The zero-order chi connectivity index (χ0) is 15.3. The number of hydrogen-bond acceptors (Lipinski definition) is 3. The van der Waals surface area contributed by atoms with Crippen LogP contribution in [0.5, 0.6) is 5.75 Å². The topological polar surface area (TPSA) is 63.6 Å². The predicted molar refractivity (Wildman–Crippen MR) is 81.3 cm³/mol. The number of ether oxygens (including phenoxy) is 1. The Morgan fingerprint density at radius 3 is 2.33 bits per heavy atom. The summed E-state index contributed by atoms with van der Waals surface area (Å²) in [7, 11) is -4.02. The summed E-state index contributed by atoms with van der Waals surface area (Å²) in [5, 5.41) is 0. The van der Waals surface area contributed by atoms with E-state index >= 15 is 0 Å². The molecule has 0 aromatic heterocycles. The summed E-state index contributed by atoms with van der Waals surface area (Å²) in [6.07, 6.45) is 2.34. The highest BCUT2D eigenvalue weighted by Crippen LogP contribution is 2.23. The predicted octanol–water partition coefficient (Wildman–Crippen LogP) is 3.25. The number of rotatable bonds is 1. The SMILES string of the molecule is Cc1ccc(S(=O)(=O)O)cc1.c1ccc2c(c1)CCCO2. The fourth-order valence-electron chi connectivity index (χ4n) is 2.01. The third kappa shape index (κ3) is 4.58. The molecule has 2 aromatic rings. The summed E-state index contributed by atoms with van der Waals surface area (Å²) in [4.78, 5) is -0.0666. The molecule has 3 rings (SSSR count). The Hall–Kier alpha value is -1.85. The van der Waals surface area contributed by atoms with Gasteiger partial charge in [0.1, 0.15) is 5.75 Å². The van der Waals surface area contributed by atoms with E-state index in [1.165, 1.54) is 24.1 Å². The average Bonchev–Trinajstić information content (AvgIpc) is 2.47. The van der Waals surface area contributed by atoms with Gasteiger partial charge in [-0.15, -0.1) is 0 Å². The normalized spacial score (nSPS) is 13.4. The molecular formula is C16H18O4S. The molecule has 0 saturated heterocycles. The molecule has 112 valence electrons. The van der Waals surface area contributed by atoms with Crippen LogP contribution in [-0.2, 0) is 16.5 Å². The first-order chi connectivity index (χ1) is 9.97. The molecule has 0 unspecified atom stereocenters. The Morgan fingerprint density at radius 1 is 1.05 bits per heavy atom. The van der Waals surface area contributed by atoms with Gasteiger partial charge in [-0.2, -0.15) is 8.42 Å². The Balaban J connectivity index is 0.000000154. The van der Waals surface area contributed by atoms with Crippen molar-refractivity contribution >= 4 is 10.1 Å². The summed E-state index contributed by atoms with van der Waals surface area (Å²) in [5.74, 6) is 1.08. The van der Waals surface area contributed by atoms with Crippen LogP contribution < -0.4 is 4.74 Å². The molecule has 1 heterocycles. The van der Waals surface area contributed by atoms with E-state index in [-0.39, 0.29) is 4.90 Å². The Morgan fingerprint density at radius 2 is 1.71 bits per heavy atom. The van der Waals surface area contributed by atoms with Gasteiger partial charge in [0.25, 0.3) is 10.1 Å². The first kappa shape index (κ1) is 15.5. The number of hydrogen-bond donors (Lipinski definition) is 1. The number of fused-ring (bicyclic) bond motifs is 1. The van der Waals surface area contributed by atoms with Crippen molar-refractivity contribution in [1.82, 2.24) is 0 Å². The molecule has 4 nitrogen and oxygen atoms in total. The molecule has 1 N–H and O–H groups in total. The zero-order valence-electron chi connectivity index (χ0n) is 11.8. The van der Waals surface area contributed by atoms with Gasteiger partial charge in [-0.25, -0.2) is 0 Å². The van der Waals surface area contributed by atoms with Crippen molar-refractivity contribution in [2.24, 2.45) is 0 Å². The summed E-state index contributed by atoms with van der Waals surface area (Å²) >= 11 is 0. The van der Waals surface area contributed by atoms with Crippen LogP contribution in [0.1, 0.15) is 17.5 Å². The van der Waals surface area contributed by atoms with Crippen LogP contribution in [0, 0.1) is 6.92 Å². The van der Waals surface area contributed by atoms with Crippen molar-refractivity contribution in [3.63, 3.8) is 0 Å². The third-order valence-corrected chi connectivity index (χ3v) is 4.01. The van der Waals surface area contributed by atoms with E-state index in [9.17, 15) is 8.42 Å². The van der Waals surface area contributed by atoms with Crippen LogP contribution in [-0.4, -0.2) is 19.6 Å². The van der Waals surface area contributed by atoms with Crippen LogP contribution in [0.4, 0.5) is 0 Å². The molecule has 2 aromatic carbocycles. The zero-order valence-corrected chi connectivity index (χ0v) is 12.6. The van der Waals surface area contributed by atoms with Gasteiger partial charge >= 0.3 is 0 Å². The van der Waals surface area contributed by atoms with E-state index in [4.69, 9.17) is 9.29 Å². The monoisotopic (exact) mass is 306 g/mol. The molecule has 5 heteroatoms. The molecule has 0 atom stereocenters. The van der Waals surface area contributed by atoms with E-state index < -0.39 is 10.1 Å². The molecule has 0 radical (unpaired) electrons. The van der Waals surface area contributed by atoms with Gasteiger partial charge in [-0.3, -0.25) is 4.55 Å². The summed E-state index contributed by atoms with van der Waals surface area (Å²) in [6, 6.07) is 14.2. The van der Waals surface area contributed by atoms with Gasteiger partial charge in [0, 0.05) is 0 Å². The van der Waals surface area contributed by atoms with Crippen molar-refractivity contribution in [3.8, 4) is 5.75 Å². The van der Waals surface area contributed by atoms with Gasteiger partial charge < -0.3 is 4.74 Å². The summed E-state index contributed by atoms with van der Waals surface area (Å²) < 4.78 is 35.0. The fraction of sp³-hybridized carbons (Fsp3) is 0.250. The number of benzene rings is 2. The Kier molecular flexibility index (Phi) is 4.98. The van der Waals surface area contributed by atoms with Gasteiger partial charge in [-0.1, -0.05) is 35.9 Å². The lowest BCUT2D eigenvalue weighted by Gasteiger charge is -2.15. The minimum Gasteiger partial charge on any atom is -0.493 e. The van der Waals surface area contributed by atoms with Gasteiger partial charge in [-0.05, 0) is 43.5 Å². The summed E-state index contributed by atoms with van der Waals surface area (Å²) in [5.41, 5.74) is 2.31. The van der Waals surface area contributed by atoms with Crippen molar-refractivity contribution in [2.45, 2.75) is 24.7 Å². The number of para-hydroxylation sites is 1. The van der Waals surface area contributed by atoms with Crippen molar-refractivity contribution in [1.29, 1.82) is 0 Å². The fourth-order valence-corrected chi connectivity index (χ4v) is 2.49. The maximum Gasteiger partial charge on any atom is 0.294 e. The van der Waals surface area contributed by atoms with E-state index in [0.29, 0.717) is 0 Å². The quantitative estimate of drug-likeness (QED) is 0.821. The minimum absolute atomic E-state index is 0.0666. The van der Waals surface area contributed by atoms with Crippen LogP contribution in [0.2, 0.25) is 0 Å². The first-order valence-corrected chi connectivity index (χ1v) is 8.16. The first-order valence-electron chi connectivity index (χ1n) is 6.72. The van der Waals surface area contributed by atoms with E-state index in [0.717, 1.165) is 24.3 Å². The van der Waals surface area contributed by atoms with E-state index in [1.54, 1.807) is 12.1 Å². The van der Waals surface area contributed by atoms with Crippen LogP contribution >= 0.6 is 0 Å². The summed E-state index contributed by atoms with van der Waals surface area (Å²) in [6.45, 7) is 2.73. The molecule has 0 bridgehead atoms. The van der Waals surface area contributed by atoms with Crippen molar-refractivity contribution in [3.05, 3.63) is 59.7 Å². The van der Waals surface area contributed by atoms with Crippen LogP contribution in [0.25, 0.3) is 0 Å². The van der Waals surface area contributed by atoms with Crippen molar-refractivity contribution < 1.29 is 17.7 Å².